The maximum atomic E-state index is 13.4. The van der Waals surface area contributed by atoms with E-state index in [0.29, 0.717) is 0 Å². The van der Waals surface area contributed by atoms with Gasteiger partial charge in [-0.05, 0) is 19.4 Å². The van der Waals surface area contributed by atoms with E-state index in [-0.39, 0.29) is 11.1 Å². The second-order valence-electron chi connectivity index (χ2n) is 3.63. The van der Waals surface area contributed by atoms with Gasteiger partial charge in [0.25, 0.3) is 0 Å². The summed E-state index contributed by atoms with van der Waals surface area (Å²) < 4.78 is 26.5. The molecule has 0 aliphatic rings. The van der Waals surface area contributed by atoms with Gasteiger partial charge >= 0.3 is 0 Å². The lowest BCUT2D eigenvalue weighted by Gasteiger charge is -2.23. The van der Waals surface area contributed by atoms with Gasteiger partial charge in [-0.15, -0.1) is 0 Å². The first-order valence-electron chi connectivity index (χ1n) is 4.25. The van der Waals surface area contributed by atoms with Crippen LogP contribution in [0, 0.1) is 18.6 Å². The Morgan fingerprint density at radius 1 is 1.36 bits per heavy atom. The van der Waals surface area contributed by atoms with Crippen LogP contribution in [0.25, 0.3) is 0 Å². The van der Waals surface area contributed by atoms with E-state index in [4.69, 9.17) is 10.8 Å². The van der Waals surface area contributed by atoms with Crippen LogP contribution < -0.4 is 5.73 Å². The van der Waals surface area contributed by atoms with E-state index >= 15 is 0 Å². The molecular formula is C10H13F2NO. The number of aliphatic hydroxyl groups is 1. The van der Waals surface area contributed by atoms with Crippen LogP contribution in [0.4, 0.5) is 8.78 Å². The Kier molecular flexibility index (Phi) is 2.87. The predicted octanol–water partition coefficient (Wildman–Crippen LogP) is 1.44. The normalized spacial score (nSPS) is 15.3. The van der Waals surface area contributed by atoms with Gasteiger partial charge in [0, 0.05) is 5.56 Å². The van der Waals surface area contributed by atoms with Crippen molar-refractivity contribution in [2.75, 3.05) is 6.61 Å². The number of benzene rings is 1. The zero-order valence-corrected chi connectivity index (χ0v) is 8.14. The molecule has 0 saturated carbocycles. The average Bonchev–Trinajstić information content (AvgIpc) is 2.14. The van der Waals surface area contributed by atoms with E-state index < -0.39 is 23.8 Å². The predicted molar refractivity (Wildman–Crippen MR) is 49.7 cm³/mol. The minimum atomic E-state index is -1.25. The Hall–Kier alpha value is -1.00. The van der Waals surface area contributed by atoms with Gasteiger partial charge in [-0.2, -0.15) is 0 Å². The number of hydrogen-bond donors (Lipinski definition) is 2. The van der Waals surface area contributed by atoms with Crippen molar-refractivity contribution < 1.29 is 13.9 Å². The van der Waals surface area contributed by atoms with E-state index in [9.17, 15) is 8.78 Å². The molecule has 1 atom stereocenters. The van der Waals surface area contributed by atoms with E-state index in [1.54, 1.807) is 0 Å². The molecule has 78 valence electrons. The lowest BCUT2D eigenvalue weighted by molar-refractivity contribution is 0.205. The molecule has 4 heteroatoms. The molecule has 1 aromatic carbocycles. The summed E-state index contributed by atoms with van der Waals surface area (Å²) in [6, 6.07) is 2.83. The third-order valence-corrected chi connectivity index (χ3v) is 2.22. The number of halogens is 2. The molecule has 0 bridgehead atoms. The van der Waals surface area contributed by atoms with Crippen molar-refractivity contribution in [3.63, 3.8) is 0 Å². The topological polar surface area (TPSA) is 46.2 Å². The largest absolute Gasteiger partial charge is 0.394 e. The molecule has 0 aromatic heterocycles. The molecule has 0 unspecified atom stereocenters. The second-order valence-corrected chi connectivity index (χ2v) is 3.63. The number of aryl methyl sites for hydroxylation is 1. The zero-order valence-electron chi connectivity index (χ0n) is 8.14. The van der Waals surface area contributed by atoms with Crippen LogP contribution >= 0.6 is 0 Å². The molecule has 0 aliphatic heterocycles. The third-order valence-electron chi connectivity index (χ3n) is 2.22. The van der Waals surface area contributed by atoms with Crippen LogP contribution in [0.15, 0.2) is 12.1 Å². The first kappa shape index (κ1) is 11.1. The van der Waals surface area contributed by atoms with Crippen LogP contribution in [-0.4, -0.2) is 11.7 Å². The molecule has 1 aromatic rings. The van der Waals surface area contributed by atoms with E-state index in [2.05, 4.69) is 0 Å². The van der Waals surface area contributed by atoms with Gasteiger partial charge in [-0.25, -0.2) is 8.78 Å². The molecule has 0 radical (unpaired) electrons. The molecule has 0 aliphatic carbocycles. The summed E-state index contributed by atoms with van der Waals surface area (Å²) in [5.74, 6) is -1.89. The second kappa shape index (κ2) is 3.63. The molecule has 14 heavy (non-hydrogen) atoms. The number of rotatable bonds is 2. The molecule has 2 nitrogen and oxygen atoms in total. The maximum Gasteiger partial charge on any atom is 0.164 e. The Morgan fingerprint density at radius 2 is 1.93 bits per heavy atom. The summed E-state index contributed by atoms with van der Waals surface area (Å²) in [7, 11) is 0. The van der Waals surface area contributed by atoms with Crippen LogP contribution in [0.3, 0.4) is 0 Å². The lowest BCUT2D eigenvalue weighted by Crippen LogP contribution is -2.38. The minimum absolute atomic E-state index is 0.0110. The fraction of sp³-hybridized carbons (Fsp3) is 0.400. The van der Waals surface area contributed by atoms with Gasteiger partial charge in [-0.1, -0.05) is 12.1 Å². The van der Waals surface area contributed by atoms with Gasteiger partial charge < -0.3 is 10.8 Å². The van der Waals surface area contributed by atoms with Crippen molar-refractivity contribution >= 4 is 0 Å². The summed E-state index contributed by atoms with van der Waals surface area (Å²) in [6.45, 7) is 2.47. The first-order valence-corrected chi connectivity index (χ1v) is 4.25. The minimum Gasteiger partial charge on any atom is -0.394 e. The van der Waals surface area contributed by atoms with Crippen molar-refractivity contribution in [3.05, 3.63) is 34.9 Å². The highest BCUT2D eigenvalue weighted by Crippen LogP contribution is 2.24. The van der Waals surface area contributed by atoms with Crippen LogP contribution in [0.2, 0.25) is 0 Å². The first-order chi connectivity index (χ1) is 6.40. The van der Waals surface area contributed by atoms with Crippen LogP contribution in [0.5, 0.6) is 0 Å². The number of aliphatic hydroxyl groups excluding tert-OH is 1. The number of hydrogen-bond acceptors (Lipinski definition) is 2. The van der Waals surface area contributed by atoms with Crippen molar-refractivity contribution in [2.45, 2.75) is 19.4 Å². The highest BCUT2D eigenvalue weighted by molar-refractivity contribution is 5.30. The summed E-state index contributed by atoms with van der Waals surface area (Å²) in [6.07, 6.45) is 0. The SMILES string of the molecule is Cc1ccc([C@@](C)(N)CO)c(F)c1F. The fourth-order valence-corrected chi connectivity index (χ4v) is 1.17. The summed E-state index contributed by atoms with van der Waals surface area (Å²) in [4.78, 5) is 0. The van der Waals surface area contributed by atoms with Crippen molar-refractivity contribution in [2.24, 2.45) is 5.73 Å². The van der Waals surface area contributed by atoms with Crippen molar-refractivity contribution in [3.8, 4) is 0 Å². The third kappa shape index (κ3) is 1.76. The average molecular weight is 201 g/mol. The Bertz CT molecular complexity index is 350. The zero-order chi connectivity index (χ0) is 10.9. The molecule has 0 heterocycles. The molecule has 1 rings (SSSR count). The molecule has 0 amide bonds. The Labute approximate surface area is 81.4 Å². The van der Waals surface area contributed by atoms with E-state index in [1.807, 2.05) is 0 Å². The van der Waals surface area contributed by atoms with Crippen LogP contribution in [-0.2, 0) is 5.54 Å². The molecule has 3 N–H and O–H groups in total. The van der Waals surface area contributed by atoms with Gasteiger partial charge in [0.2, 0.25) is 0 Å². The van der Waals surface area contributed by atoms with Crippen molar-refractivity contribution in [1.82, 2.24) is 0 Å². The molecular weight excluding hydrogens is 188 g/mol. The maximum absolute atomic E-state index is 13.4. The van der Waals surface area contributed by atoms with Crippen molar-refractivity contribution in [1.29, 1.82) is 0 Å². The Balaban J connectivity index is 3.31. The Morgan fingerprint density at radius 3 is 2.43 bits per heavy atom. The monoisotopic (exact) mass is 201 g/mol. The highest BCUT2D eigenvalue weighted by atomic mass is 19.2. The molecule has 0 spiro atoms. The van der Waals surface area contributed by atoms with E-state index in [1.165, 1.54) is 26.0 Å². The molecule has 0 fully saturated rings. The quantitative estimate of drug-likeness (QED) is 0.760. The van der Waals surface area contributed by atoms with Gasteiger partial charge in [0.1, 0.15) is 0 Å². The molecule has 0 saturated heterocycles. The van der Waals surface area contributed by atoms with E-state index in [0.717, 1.165) is 0 Å². The highest BCUT2D eigenvalue weighted by Gasteiger charge is 2.26. The summed E-state index contributed by atoms with van der Waals surface area (Å²) in [5, 5.41) is 8.92. The van der Waals surface area contributed by atoms with Gasteiger partial charge in [0.15, 0.2) is 11.6 Å². The lowest BCUT2D eigenvalue weighted by atomic mass is 9.92. The van der Waals surface area contributed by atoms with Gasteiger partial charge in [0.05, 0.1) is 12.1 Å². The summed E-state index contributed by atoms with van der Waals surface area (Å²) in [5.41, 5.74) is 4.56. The van der Waals surface area contributed by atoms with Crippen LogP contribution in [0.1, 0.15) is 18.1 Å². The van der Waals surface area contributed by atoms with Gasteiger partial charge in [-0.3, -0.25) is 0 Å². The smallest absolute Gasteiger partial charge is 0.164 e. The number of nitrogens with two attached hydrogens (primary N) is 1. The standard InChI is InChI=1S/C10H13F2NO/c1-6-3-4-7(9(12)8(6)11)10(2,13)5-14/h3-4,14H,5,13H2,1-2H3/t10-/m0/s1. The fourth-order valence-electron chi connectivity index (χ4n) is 1.17. The summed E-state index contributed by atoms with van der Waals surface area (Å²) >= 11 is 0.